The summed E-state index contributed by atoms with van der Waals surface area (Å²) in [6.45, 7) is 8.22. The maximum Gasteiger partial charge on any atom is 0.246 e. The molecule has 32 heavy (non-hydrogen) atoms. The number of amides is 1. The lowest BCUT2D eigenvalue weighted by atomic mass is 10.4. The summed E-state index contributed by atoms with van der Waals surface area (Å²) in [7, 11) is 1.63. The van der Waals surface area contributed by atoms with Gasteiger partial charge in [0.15, 0.2) is 0 Å². The molecule has 2 N–H and O–H groups in total. The molecule has 0 bridgehead atoms. The zero-order valence-electron chi connectivity index (χ0n) is 19.8. The Morgan fingerprint density at radius 2 is 1.12 bits per heavy atom. The van der Waals surface area contributed by atoms with Crippen LogP contribution in [0.2, 0.25) is 0 Å². The number of ether oxygens (including phenoxy) is 7. The Morgan fingerprint density at radius 1 is 0.656 bits per heavy atom. The minimum Gasteiger partial charge on any atom is -0.382 e. The molecular weight excluding hydrogens is 420 g/mol. The van der Waals surface area contributed by atoms with Crippen LogP contribution in [0.5, 0.6) is 0 Å². The van der Waals surface area contributed by atoms with Crippen molar-refractivity contribution >= 4 is 5.91 Å². The summed E-state index contributed by atoms with van der Waals surface area (Å²) >= 11 is 0. The van der Waals surface area contributed by atoms with Gasteiger partial charge in [-0.3, -0.25) is 4.79 Å². The van der Waals surface area contributed by atoms with Crippen LogP contribution >= 0.6 is 0 Å². The molecule has 190 valence electrons. The van der Waals surface area contributed by atoms with Gasteiger partial charge >= 0.3 is 0 Å². The Kier molecular flexibility index (Phi) is 21.3. The highest BCUT2D eigenvalue weighted by atomic mass is 16.6. The lowest BCUT2D eigenvalue weighted by molar-refractivity contribution is -0.126. The van der Waals surface area contributed by atoms with Gasteiger partial charge < -0.3 is 43.8 Å². The predicted octanol–water partition coefficient (Wildman–Crippen LogP) is 0.381. The Bertz CT molecular complexity index is 413. The molecule has 1 aliphatic rings. The van der Waals surface area contributed by atoms with E-state index in [1.807, 2.05) is 0 Å². The number of hydrogen-bond acceptors (Lipinski definition) is 9. The quantitative estimate of drug-likeness (QED) is 0.176. The molecule has 0 saturated heterocycles. The molecule has 1 aliphatic carbocycles. The van der Waals surface area contributed by atoms with Crippen molar-refractivity contribution in [1.29, 1.82) is 0 Å². The van der Waals surface area contributed by atoms with E-state index in [1.165, 1.54) is 12.8 Å². The van der Waals surface area contributed by atoms with Crippen LogP contribution in [0, 0.1) is 0 Å². The highest BCUT2D eigenvalue weighted by Gasteiger charge is 2.19. The van der Waals surface area contributed by atoms with Crippen LogP contribution in [0.25, 0.3) is 0 Å². The summed E-state index contributed by atoms with van der Waals surface area (Å²) in [5, 5.41) is 6.25. The normalized spacial score (nSPS) is 13.5. The zero-order chi connectivity index (χ0) is 23.0. The summed E-state index contributed by atoms with van der Waals surface area (Å²) in [4.78, 5) is 11.6. The monoisotopic (exact) mass is 464 g/mol. The summed E-state index contributed by atoms with van der Waals surface area (Å²) in [6, 6.07) is 0.766. The van der Waals surface area contributed by atoms with Crippen LogP contribution in [0.1, 0.15) is 25.7 Å². The standard InChI is InChI=1S/C22H44N2O8/c1-26-10-11-29-16-17-31-18-19-32-20-22(25)24-7-3-9-28-13-15-30-14-12-27-8-2-6-23-21-4-5-21/h21,23H,2-20H2,1H3,(H,24,25). The molecule has 0 aromatic rings. The van der Waals surface area contributed by atoms with Crippen molar-refractivity contribution in [2.24, 2.45) is 0 Å². The van der Waals surface area contributed by atoms with E-state index in [-0.39, 0.29) is 12.5 Å². The van der Waals surface area contributed by atoms with Crippen molar-refractivity contribution in [2.75, 3.05) is 106 Å². The number of hydrogen-bond donors (Lipinski definition) is 2. The van der Waals surface area contributed by atoms with Crippen LogP contribution in [-0.4, -0.2) is 118 Å². The van der Waals surface area contributed by atoms with Crippen LogP contribution in [0.4, 0.5) is 0 Å². The van der Waals surface area contributed by atoms with Gasteiger partial charge in [0.05, 0.1) is 66.1 Å². The van der Waals surface area contributed by atoms with Crippen molar-refractivity contribution in [1.82, 2.24) is 10.6 Å². The first-order valence-corrected chi connectivity index (χ1v) is 11.8. The fourth-order valence-corrected chi connectivity index (χ4v) is 2.51. The predicted molar refractivity (Wildman–Crippen MR) is 120 cm³/mol. The largest absolute Gasteiger partial charge is 0.382 e. The third-order valence-electron chi connectivity index (χ3n) is 4.42. The average molecular weight is 465 g/mol. The SMILES string of the molecule is COCCOCCOCCOCC(=O)NCCCOCCOCCOCCCNC1CC1. The van der Waals surface area contributed by atoms with Gasteiger partial charge in [0.2, 0.25) is 5.91 Å². The van der Waals surface area contributed by atoms with Crippen molar-refractivity contribution in [3.63, 3.8) is 0 Å². The molecule has 0 spiro atoms. The van der Waals surface area contributed by atoms with E-state index >= 15 is 0 Å². The molecule has 0 atom stereocenters. The van der Waals surface area contributed by atoms with E-state index < -0.39 is 0 Å². The van der Waals surface area contributed by atoms with Crippen molar-refractivity contribution in [2.45, 2.75) is 31.7 Å². The number of carbonyl (C=O) groups is 1. The molecular formula is C22H44N2O8. The minimum absolute atomic E-state index is 0.0293. The lowest BCUT2D eigenvalue weighted by Gasteiger charge is -2.08. The molecule has 1 rings (SSSR count). The molecule has 1 amide bonds. The Morgan fingerprint density at radius 3 is 1.66 bits per heavy atom. The summed E-state index contributed by atoms with van der Waals surface area (Å²) in [5.74, 6) is -0.139. The molecule has 0 radical (unpaired) electrons. The highest BCUT2D eigenvalue weighted by Crippen LogP contribution is 2.18. The average Bonchev–Trinajstić information content (AvgIpc) is 3.62. The van der Waals surface area contributed by atoms with Gasteiger partial charge in [-0.1, -0.05) is 0 Å². The summed E-state index contributed by atoms with van der Waals surface area (Å²) in [5.41, 5.74) is 0. The zero-order valence-corrected chi connectivity index (χ0v) is 19.8. The van der Waals surface area contributed by atoms with Gasteiger partial charge in [-0.2, -0.15) is 0 Å². The van der Waals surface area contributed by atoms with Gasteiger partial charge in [-0.15, -0.1) is 0 Å². The first-order chi connectivity index (χ1) is 15.8. The van der Waals surface area contributed by atoms with Crippen LogP contribution in [0.3, 0.4) is 0 Å². The topological polar surface area (TPSA) is 106 Å². The van der Waals surface area contributed by atoms with Crippen molar-refractivity contribution in [3.05, 3.63) is 0 Å². The highest BCUT2D eigenvalue weighted by molar-refractivity contribution is 5.77. The van der Waals surface area contributed by atoms with Crippen LogP contribution in [0.15, 0.2) is 0 Å². The Hall–Kier alpha value is -0.850. The Labute approximate surface area is 192 Å². The van der Waals surface area contributed by atoms with Gasteiger partial charge in [0.1, 0.15) is 6.61 Å². The van der Waals surface area contributed by atoms with Crippen molar-refractivity contribution in [3.8, 4) is 0 Å². The number of carbonyl (C=O) groups excluding carboxylic acids is 1. The number of methoxy groups -OCH3 is 1. The Balaban J connectivity index is 1.66. The second-order valence-electron chi connectivity index (χ2n) is 7.39. The van der Waals surface area contributed by atoms with E-state index in [4.69, 9.17) is 33.2 Å². The van der Waals surface area contributed by atoms with E-state index in [0.717, 1.165) is 32.0 Å². The summed E-state index contributed by atoms with van der Waals surface area (Å²) < 4.78 is 37.2. The molecule has 0 unspecified atom stereocenters. The van der Waals surface area contributed by atoms with Gasteiger partial charge in [0.25, 0.3) is 0 Å². The third-order valence-corrected chi connectivity index (χ3v) is 4.42. The molecule has 0 aromatic carbocycles. The lowest BCUT2D eigenvalue weighted by Crippen LogP contribution is -2.29. The van der Waals surface area contributed by atoms with Crippen LogP contribution < -0.4 is 10.6 Å². The molecule has 0 aliphatic heterocycles. The minimum atomic E-state index is -0.139. The molecule has 1 fully saturated rings. The second-order valence-corrected chi connectivity index (χ2v) is 7.39. The molecule has 10 heteroatoms. The summed E-state index contributed by atoms with van der Waals surface area (Å²) in [6.07, 6.45) is 4.44. The molecule has 1 saturated carbocycles. The van der Waals surface area contributed by atoms with Crippen molar-refractivity contribution < 1.29 is 38.0 Å². The maximum atomic E-state index is 11.6. The van der Waals surface area contributed by atoms with E-state index in [0.29, 0.717) is 79.2 Å². The van der Waals surface area contributed by atoms with Gasteiger partial charge in [-0.05, 0) is 32.2 Å². The fourth-order valence-electron chi connectivity index (χ4n) is 2.51. The number of nitrogens with one attached hydrogen (secondary N) is 2. The second kappa shape index (κ2) is 23.3. The van der Waals surface area contributed by atoms with Crippen LogP contribution in [-0.2, 0) is 38.0 Å². The molecule has 0 aromatic heterocycles. The molecule has 0 heterocycles. The van der Waals surface area contributed by atoms with E-state index in [2.05, 4.69) is 10.6 Å². The van der Waals surface area contributed by atoms with E-state index in [9.17, 15) is 4.79 Å². The third kappa shape index (κ3) is 22.3. The number of rotatable bonds is 26. The first-order valence-electron chi connectivity index (χ1n) is 11.8. The van der Waals surface area contributed by atoms with Gasteiger partial charge in [-0.25, -0.2) is 0 Å². The smallest absolute Gasteiger partial charge is 0.246 e. The van der Waals surface area contributed by atoms with E-state index in [1.54, 1.807) is 7.11 Å². The van der Waals surface area contributed by atoms with Gasteiger partial charge in [0, 0.05) is 32.9 Å². The first kappa shape index (κ1) is 29.2. The fraction of sp³-hybridized carbons (Fsp3) is 0.955. The molecule has 10 nitrogen and oxygen atoms in total. The maximum absolute atomic E-state index is 11.6.